The molecule has 1 saturated carbocycles. The molecule has 0 nitrogen and oxygen atoms in total. The molecule has 0 radical (unpaired) electrons. The molecule has 0 atom stereocenters. The molecule has 0 unspecified atom stereocenters. The van der Waals surface area contributed by atoms with Crippen LogP contribution in [0, 0.1) is 5.92 Å². The van der Waals surface area contributed by atoms with Crippen LogP contribution in [0.3, 0.4) is 0 Å². The third-order valence-corrected chi connectivity index (χ3v) is 3.66. The lowest BCUT2D eigenvalue weighted by atomic mass is 9.87. The molecule has 0 aromatic carbocycles. The summed E-state index contributed by atoms with van der Waals surface area (Å²) in [7, 11) is 0. The van der Waals surface area contributed by atoms with Gasteiger partial charge in [0.05, 0.1) is 0 Å². The maximum absolute atomic E-state index is 2.53. The summed E-state index contributed by atoms with van der Waals surface area (Å²) < 4.78 is 2.38. The minimum atomic E-state index is 1.01. The Hall–Kier alpha value is 1.46. The van der Waals surface area contributed by atoms with Gasteiger partial charge in [-0.3, -0.25) is 0 Å². The SMILES string of the molecule is ICC1CC(I)C1. The van der Waals surface area contributed by atoms with Crippen molar-refractivity contribution < 1.29 is 0 Å². The summed E-state index contributed by atoms with van der Waals surface area (Å²) in [5.41, 5.74) is 0. The molecule has 0 spiro atoms. The molecule has 7 heavy (non-hydrogen) atoms. The van der Waals surface area contributed by atoms with E-state index in [2.05, 4.69) is 45.2 Å². The fourth-order valence-electron chi connectivity index (χ4n) is 0.780. The van der Waals surface area contributed by atoms with Crippen LogP contribution in [-0.2, 0) is 0 Å². The first-order valence-electron chi connectivity index (χ1n) is 2.53. The van der Waals surface area contributed by atoms with Crippen LogP contribution in [0.1, 0.15) is 12.8 Å². The van der Waals surface area contributed by atoms with Crippen LogP contribution in [0.4, 0.5) is 0 Å². The van der Waals surface area contributed by atoms with Crippen molar-refractivity contribution in [2.75, 3.05) is 4.43 Å². The lowest BCUT2D eigenvalue weighted by Gasteiger charge is -2.29. The third kappa shape index (κ3) is 1.69. The molecule has 0 aliphatic heterocycles. The number of rotatable bonds is 1. The van der Waals surface area contributed by atoms with E-state index in [1.807, 2.05) is 0 Å². The molecular weight excluding hydrogens is 314 g/mol. The van der Waals surface area contributed by atoms with Gasteiger partial charge in [0, 0.05) is 8.35 Å². The molecule has 42 valence electrons. The zero-order valence-corrected chi connectivity index (χ0v) is 8.35. The second-order valence-electron chi connectivity index (χ2n) is 2.09. The largest absolute Gasteiger partial charge is 0.0861 e. The first-order chi connectivity index (χ1) is 3.33. The fraction of sp³-hybridized carbons (Fsp3) is 1.00. The molecule has 0 aromatic heterocycles. The van der Waals surface area contributed by atoms with E-state index in [-0.39, 0.29) is 0 Å². The highest BCUT2D eigenvalue weighted by Crippen LogP contribution is 2.34. The van der Waals surface area contributed by atoms with Crippen molar-refractivity contribution in [1.29, 1.82) is 0 Å². The van der Waals surface area contributed by atoms with E-state index < -0.39 is 0 Å². The topological polar surface area (TPSA) is 0 Å². The van der Waals surface area contributed by atoms with Crippen molar-refractivity contribution in [3.8, 4) is 0 Å². The number of hydrogen-bond acceptors (Lipinski definition) is 0. The van der Waals surface area contributed by atoms with Crippen LogP contribution in [0.2, 0.25) is 0 Å². The highest BCUT2D eigenvalue weighted by molar-refractivity contribution is 14.1. The summed E-state index contributed by atoms with van der Waals surface area (Å²) in [5, 5.41) is 0. The standard InChI is InChI=1S/C5H8I2/c6-3-4-1-5(7)2-4/h4-5H,1-3H2. The minimum absolute atomic E-state index is 1.01. The third-order valence-electron chi connectivity index (χ3n) is 1.40. The number of alkyl halides is 2. The summed E-state index contributed by atoms with van der Waals surface area (Å²) in [6.07, 6.45) is 2.95. The first-order valence-corrected chi connectivity index (χ1v) is 5.30. The van der Waals surface area contributed by atoms with Gasteiger partial charge in [-0.25, -0.2) is 0 Å². The van der Waals surface area contributed by atoms with Gasteiger partial charge >= 0.3 is 0 Å². The predicted octanol–water partition coefficient (Wildman–Crippen LogP) is 2.64. The van der Waals surface area contributed by atoms with E-state index in [1.54, 1.807) is 0 Å². The molecule has 1 fully saturated rings. The Bertz CT molecular complexity index is 57.1. The second-order valence-corrected chi connectivity index (χ2v) is 4.73. The molecule has 0 N–H and O–H groups in total. The number of hydrogen-bond donors (Lipinski definition) is 0. The van der Waals surface area contributed by atoms with Gasteiger partial charge < -0.3 is 0 Å². The van der Waals surface area contributed by atoms with Crippen LogP contribution in [0.15, 0.2) is 0 Å². The van der Waals surface area contributed by atoms with Crippen LogP contribution < -0.4 is 0 Å². The highest BCUT2D eigenvalue weighted by Gasteiger charge is 2.24. The van der Waals surface area contributed by atoms with Crippen molar-refractivity contribution in [2.24, 2.45) is 5.92 Å². The lowest BCUT2D eigenvalue weighted by Crippen LogP contribution is -2.23. The Kier molecular flexibility index (Phi) is 2.67. The average molecular weight is 322 g/mol. The summed E-state index contributed by atoms with van der Waals surface area (Å²) >= 11 is 5.00. The zero-order valence-electron chi connectivity index (χ0n) is 4.03. The molecule has 1 aliphatic carbocycles. The van der Waals surface area contributed by atoms with E-state index in [4.69, 9.17) is 0 Å². The summed E-state index contributed by atoms with van der Waals surface area (Å²) in [5.74, 6) is 1.07. The predicted molar refractivity (Wildman–Crippen MR) is 49.4 cm³/mol. The molecule has 0 saturated heterocycles. The van der Waals surface area contributed by atoms with Crippen molar-refractivity contribution >= 4 is 45.2 Å². The highest BCUT2D eigenvalue weighted by atomic mass is 127. The summed E-state index contributed by atoms with van der Waals surface area (Å²) in [6.45, 7) is 0. The molecule has 0 amide bonds. The normalized spacial score (nSPS) is 40.3. The summed E-state index contributed by atoms with van der Waals surface area (Å²) in [4.78, 5) is 0. The molecule has 1 rings (SSSR count). The molecule has 1 aliphatic rings. The minimum Gasteiger partial charge on any atom is -0.0861 e. The van der Waals surface area contributed by atoms with Crippen molar-refractivity contribution in [3.63, 3.8) is 0 Å². The summed E-state index contributed by atoms with van der Waals surface area (Å²) in [6, 6.07) is 0. The monoisotopic (exact) mass is 322 g/mol. The van der Waals surface area contributed by atoms with Gasteiger partial charge in [0.1, 0.15) is 0 Å². The Morgan fingerprint density at radius 2 is 2.00 bits per heavy atom. The molecule has 0 bridgehead atoms. The maximum atomic E-state index is 2.53. The first kappa shape index (κ1) is 6.58. The molecule has 2 heteroatoms. The maximum Gasteiger partial charge on any atom is 0.0115 e. The van der Waals surface area contributed by atoms with Crippen LogP contribution in [-0.4, -0.2) is 8.35 Å². The second kappa shape index (κ2) is 2.85. The Labute approximate surface area is 71.7 Å². The van der Waals surface area contributed by atoms with Crippen molar-refractivity contribution in [1.82, 2.24) is 0 Å². The van der Waals surface area contributed by atoms with Gasteiger partial charge in [-0.05, 0) is 18.8 Å². The van der Waals surface area contributed by atoms with Gasteiger partial charge in [0.2, 0.25) is 0 Å². The zero-order chi connectivity index (χ0) is 5.28. The van der Waals surface area contributed by atoms with E-state index in [0.29, 0.717) is 0 Å². The van der Waals surface area contributed by atoms with Crippen LogP contribution >= 0.6 is 45.2 Å². The Morgan fingerprint density at radius 3 is 2.14 bits per heavy atom. The van der Waals surface area contributed by atoms with Crippen molar-refractivity contribution in [3.05, 3.63) is 0 Å². The van der Waals surface area contributed by atoms with E-state index in [1.165, 1.54) is 17.3 Å². The smallest absolute Gasteiger partial charge is 0.0115 e. The molecular formula is C5H8I2. The van der Waals surface area contributed by atoms with Crippen LogP contribution in [0.5, 0.6) is 0 Å². The van der Waals surface area contributed by atoms with Gasteiger partial charge in [-0.15, -0.1) is 0 Å². The van der Waals surface area contributed by atoms with Gasteiger partial charge in [-0.2, -0.15) is 0 Å². The van der Waals surface area contributed by atoms with E-state index in [9.17, 15) is 0 Å². The Balaban J connectivity index is 2.06. The van der Waals surface area contributed by atoms with Gasteiger partial charge in [0.25, 0.3) is 0 Å². The molecule has 0 aromatic rings. The van der Waals surface area contributed by atoms with E-state index in [0.717, 1.165) is 9.84 Å². The Morgan fingerprint density at radius 1 is 1.43 bits per heavy atom. The van der Waals surface area contributed by atoms with Crippen LogP contribution in [0.25, 0.3) is 0 Å². The average Bonchev–Trinajstić information content (AvgIpc) is 1.58. The fourth-order valence-corrected chi connectivity index (χ4v) is 2.94. The van der Waals surface area contributed by atoms with Gasteiger partial charge in [0.15, 0.2) is 0 Å². The quantitative estimate of drug-likeness (QED) is 0.514. The van der Waals surface area contributed by atoms with Gasteiger partial charge in [-0.1, -0.05) is 45.2 Å². The lowest BCUT2D eigenvalue weighted by molar-refractivity contribution is 0.385. The number of halogens is 2. The molecule has 0 heterocycles. The van der Waals surface area contributed by atoms with Crippen molar-refractivity contribution in [2.45, 2.75) is 16.8 Å². The van der Waals surface area contributed by atoms with E-state index >= 15 is 0 Å².